The molecule has 1 fully saturated rings. The van der Waals surface area contributed by atoms with Crippen molar-refractivity contribution in [2.75, 3.05) is 31.1 Å². The van der Waals surface area contributed by atoms with Crippen LogP contribution in [0.1, 0.15) is 29.0 Å². The van der Waals surface area contributed by atoms with Crippen LogP contribution in [0.25, 0.3) is 0 Å². The summed E-state index contributed by atoms with van der Waals surface area (Å²) in [4.78, 5) is 24.8. The number of halogens is 2. The average molecular weight is 374 g/mol. The Morgan fingerprint density at radius 2 is 1.96 bits per heavy atom. The second-order valence-corrected chi connectivity index (χ2v) is 6.79. The zero-order chi connectivity index (χ0) is 19.0. The molecule has 0 unspecified atom stereocenters. The van der Waals surface area contributed by atoms with Crippen molar-refractivity contribution in [3.63, 3.8) is 0 Å². The molecule has 142 valence electrons. The normalized spacial score (nSPS) is 18.6. The van der Waals surface area contributed by atoms with Gasteiger partial charge in [-0.2, -0.15) is 0 Å². The highest BCUT2D eigenvalue weighted by Gasteiger charge is 2.36. The number of piperidine rings is 1. The number of aryl methyl sites for hydroxylation is 1. The van der Waals surface area contributed by atoms with E-state index in [1.54, 1.807) is 18.3 Å². The van der Waals surface area contributed by atoms with Gasteiger partial charge in [0.2, 0.25) is 0 Å². The maximum absolute atomic E-state index is 13.3. The van der Waals surface area contributed by atoms with Crippen LogP contribution in [0.4, 0.5) is 20.3 Å². The van der Waals surface area contributed by atoms with E-state index in [2.05, 4.69) is 9.97 Å². The number of carbonyl (C=O) groups excluding carboxylic acids is 1. The molecule has 8 heteroatoms. The second-order valence-electron chi connectivity index (χ2n) is 6.79. The van der Waals surface area contributed by atoms with Crippen molar-refractivity contribution >= 4 is 17.4 Å². The molecule has 0 saturated carbocycles. The van der Waals surface area contributed by atoms with Crippen LogP contribution in [0.5, 0.6) is 5.75 Å². The molecule has 0 spiro atoms. The van der Waals surface area contributed by atoms with Gasteiger partial charge in [0.15, 0.2) is 0 Å². The highest BCUT2D eigenvalue weighted by atomic mass is 19.3. The van der Waals surface area contributed by atoms with Crippen LogP contribution in [-0.4, -0.2) is 52.9 Å². The summed E-state index contributed by atoms with van der Waals surface area (Å²) < 4.78 is 32.4. The Morgan fingerprint density at radius 3 is 2.70 bits per heavy atom. The van der Waals surface area contributed by atoms with Crippen molar-refractivity contribution in [1.82, 2.24) is 14.9 Å². The van der Waals surface area contributed by atoms with Gasteiger partial charge in [0, 0.05) is 37.7 Å². The first-order valence-corrected chi connectivity index (χ1v) is 8.94. The van der Waals surface area contributed by atoms with Crippen LogP contribution in [0.15, 0.2) is 30.5 Å². The molecule has 4 rings (SSSR count). The number of hydrogen-bond acceptors (Lipinski definition) is 5. The number of hydrogen-bond donors (Lipinski definition) is 0. The van der Waals surface area contributed by atoms with Crippen molar-refractivity contribution in [2.45, 2.75) is 25.7 Å². The number of ether oxygens (including phenoxy) is 1. The van der Waals surface area contributed by atoms with Gasteiger partial charge >= 0.3 is 0 Å². The fourth-order valence-electron chi connectivity index (χ4n) is 3.40. The van der Waals surface area contributed by atoms with Gasteiger partial charge in [0.05, 0.1) is 12.2 Å². The highest BCUT2D eigenvalue weighted by molar-refractivity contribution is 5.95. The molecule has 0 N–H and O–H groups in total. The zero-order valence-electron chi connectivity index (χ0n) is 15.0. The lowest BCUT2D eigenvalue weighted by molar-refractivity contribution is -0.0494. The first-order chi connectivity index (χ1) is 12.9. The summed E-state index contributed by atoms with van der Waals surface area (Å²) in [7, 11) is 0. The van der Waals surface area contributed by atoms with Crippen LogP contribution < -0.4 is 9.64 Å². The number of amides is 1. The monoisotopic (exact) mass is 374 g/mol. The molecule has 2 aliphatic heterocycles. The van der Waals surface area contributed by atoms with Gasteiger partial charge < -0.3 is 14.5 Å². The third-order valence-corrected chi connectivity index (χ3v) is 4.89. The number of fused-ring (bicyclic) bond motifs is 1. The van der Waals surface area contributed by atoms with E-state index < -0.39 is 5.92 Å². The Morgan fingerprint density at radius 1 is 1.19 bits per heavy atom. The van der Waals surface area contributed by atoms with Gasteiger partial charge in [-0.25, -0.2) is 18.7 Å². The third kappa shape index (κ3) is 3.56. The number of rotatable bonds is 2. The van der Waals surface area contributed by atoms with Crippen molar-refractivity contribution in [1.29, 1.82) is 0 Å². The van der Waals surface area contributed by atoms with E-state index in [0.717, 1.165) is 11.5 Å². The van der Waals surface area contributed by atoms with E-state index >= 15 is 0 Å². The van der Waals surface area contributed by atoms with Gasteiger partial charge in [-0.05, 0) is 31.2 Å². The van der Waals surface area contributed by atoms with Crippen molar-refractivity contribution in [3.8, 4) is 5.75 Å². The Balaban J connectivity index is 1.57. The number of anilines is 2. The minimum Gasteiger partial charge on any atom is -0.490 e. The fraction of sp³-hybridized carbons (Fsp3) is 0.421. The number of nitrogens with zero attached hydrogens (tertiary/aromatic N) is 4. The Kier molecular flexibility index (Phi) is 4.41. The summed E-state index contributed by atoms with van der Waals surface area (Å²) in [6.45, 7) is 3.06. The molecular formula is C19H20F2N4O2. The highest BCUT2D eigenvalue weighted by Crippen LogP contribution is 2.37. The van der Waals surface area contributed by atoms with Crippen LogP contribution in [0.2, 0.25) is 0 Å². The molecule has 27 heavy (non-hydrogen) atoms. The molecule has 1 saturated heterocycles. The van der Waals surface area contributed by atoms with Gasteiger partial charge in [0.25, 0.3) is 11.8 Å². The smallest absolute Gasteiger partial charge is 0.253 e. The molecule has 2 aliphatic rings. The van der Waals surface area contributed by atoms with Crippen LogP contribution >= 0.6 is 0 Å². The largest absolute Gasteiger partial charge is 0.490 e. The number of alkyl halides is 2. The van der Waals surface area contributed by atoms with E-state index in [9.17, 15) is 13.6 Å². The minimum absolute atomic E-state index is 0.0656. The number of carbonyl (C=O) groups is 1. The quantitative estimate of drug-likeness (QED) is 0.808. The van der Waals surface area contributed by atoms with E-state index in [1.807, 2.05) is 24.0 Å². The Hall–Kier alpha value is -2.77. The number of aromatic nitrogens is 2. The molecule has 2 aromatic rings. The van der Waals surface area contributed by atoms with Gasteiger partial charge in [-0.3, -0.25) is 4.79 Å². The number of benzene rings is 1. The summed E-state index contributed by atoms with van der Waals surface area (Å²) in [5, 5.41) is 0. The lowest BCUT2D eigenvalue weighted by atomic mass is 10.0. The van der Waals surface area contributed by atoms with Gasteiger partial charge in [-0.1, -0.05) is 0 Å². The van der Waals surface area contributed by atoms with Gasteiger partial charge in [0.1, 0.15) is 24.0 Å². The molecule has 1 aromatic carbocycles. The lowest BCUT2D eigenvalue weighted by Gasteiger charge is -2.33. The summed E-state index contributed by atoms with van der Waals surface area (Å²) in [6.07, 6.45) is 1.12. The van der Waals surface area contributed by atoms with Crippen molar-refractivity contribution < 1.29 is 18.3 Å². The molecule has 0 atom stereocenters. The lowest BCUT2D eigenvalue weighted by Crippen LogP contribution is -2.42. The van der Waals surface area contributed by atoms with Gasteiger partial charge in [-0.15, -0.1) is 0 Å². The molecule has 3 heterocycles. The van der Waals surface area contributed by atoms with Crippen LogP contribution in [-0.2, 0) is 0 Å². The standard InChI is InChI=1S/C19H20F2N4O2/c1-13-22-7-4-17(23-13)25-10-11-27-16-12-14(2-3-15(16)25)18(26)24-8-5-19(20,21)6-9-24/h2-4,7,12H,5-6,8-11H2,1H3. The fourth-order valence-corrected chi connectivity index (χ4v) is 3.40. The molecule has 0 radical (unpaired) electrons. The average Bonchev–Trinajstić information content (AvgIpc) is 2.66. The molecule has 6 nitrogen and oxygen atoms in total. The van der Waals surface area contributed by atoms with Crippen LogP contribution in [0.3, 0.4) is 0 Å². The first kappa shape index (κ1) is 17.6. The summed E-state index contributed by atoms with van der Waals surface area (Å²) in [5.74, 6) is -0.887. The summed E-state index contributed by atoms with van der Waals surface area (Å²) in [6, 6.07) is 7.04. The molecule has 0 aliphatic carbocycles. The molecular weight excluding hydrogens is 354 g/mol. The first-order valence-electron chi connectivity index (χ1n) is 8.94. The van der Waals surface area contributed by atoms with E-state index in [1.165, 1.54) is 4.90 Å². The van der Waals surface area contributed by atoms with E-state index in [0.29, 0.717) is 30.3 Å². The SMILES string of the molecule is Cc1nccc(N2CCOc3cc(C(=O)N4CCC(F)(F)CC4)ccc32)n1. The predicted octanol–water partition coefficient (Wildman–Crippen LogP) is 3.19. The van der Waals surface area contributed by atoms with Crippen molar-refractivity contribution in [3.05, 3.63) is 41.9 Å². The Labute approximate surface area is 155 Å². The van der Waals surface area contributed by atoms with E-state index in [-0.39, 0.29) is 31.8 Å². The Bertz CT molecular complexity index is 865. The summed E-state index contributed by atoms with van der Waals surface area (Å²) >= 11 is 0. The topological polar surface area (TPSA) is 58.6 Å². The van der Waals surface area contributed by atoms with Crippen LogP contribution in [0, 0.1) is 6.92 Å². The predicted molar refractivity (Wildman–Crippen MR) is 95.8 cm³/mol. The molecule has 0 bridgehead atoms. The number of likely N-dealkylation sites (tertiary alicyclic amines) is 1. The maximum atomic E-state index is 13.3. The molecule has 1 aromatic heterocycles. The molecule has 1 amide bonds. The van der Waals surface area contributed by atoms with Crippen molar-refractivity contribution in [2.24, 2.45) is 0 Å². The third-order valence-electron chi connectivity index (χ3n) is 4.89. The minimum atomic E-state index is -2.67. The zero-order valence-corrected chi connectivity index (χ0v) is 15.0. The summed E-state index contributed by atoms with van der Waals surface area (Å²) in [5.41, 5.74) is 1.26. The maximum Gasteiger partial charge on any atom is 0.253 e. The van der Waals surface area contributed by atoms with E-state index in [4.69, 9.17) is 4.74 Å². The second kappa shape index (κ2) is 6.75.